The number of aromatic nitrogens is 1. The fraction of sp³-hybridized carbons (Fsp3) is 0.349. The van der Waals surface area contributed by atoms with Crippen molar-refractivity contribution in [3.8, 4) is 0 Å². The Kier molecular flexibility index (Phi) is 36.0. The number of hydrogen-bond donors (Lipinski definition) is 6. The Morgan fingerprint density at radius 3 is 1.42 bits per heavy atom. The van der Waals surface area contributed by atoms with Gasteiger partial charge in [0.1, 0.15) is 5.82 Å². The summed E-state index contributed by atoms with van der Waals surface area (Å²) in [5.41, 5.74) is 9.71. The molecule has 0 atom stereocenters. The minimum atomic E-state index is -4.67. The summed E-state index contributed by atoms with van der Waals surface area (Å²) in [5.74, 6) is -0.364. The summed E-state index contributed by atoms with van der Waals surface area (Å²) in [6, 6.07) is 18.1. The highest BCUT2D eigenvalue weighted by atomic mass is 32.3. The van der Waals surface area contributed by atoms with Gasteiger partial charge in [-0.05, 0) is 98.2 Å². The van der Waals surface area contributed by atoms with E-state index in [4.69, 9.17) is 54.5 Å². The van der Waals surface area contributed by atoms with Gasteiger partial charge in [-0.25, -0.2) is 4.39 Å². The quantitative estimate of drug-likeness (QED) is 0.0265. The molecular formula is C43H63F2N9O18S. The first-order chi connectivity index (χ1) is 34.1. The average molecular weight is 1070 g/mol. The molecule has 0 bridgehead atoms. The van der Waals surface area contributed by atoms with Gasteiger partial charge in [0.2, 0.25) is 6.41 Å². The van der Waals surface area contributed by atoms with E-state index in [1.54, 1.807) is 91.5 Å². The molecule has 1 heterocycles. The van der Waals surface area contributed by atoms with Gasteiger partial charge in [-0.1, -0.05) is 35.4 Å². The zero-order valence-corrected chi connectivity index (χ0v) is 42.8. The standard InChI is InChI=1S/C11H13N3O4.C8H7FN2.C8H8N2O4.C8H10.C5H13NO2.C2H6O.CH3F.HNO3.H2O4S/c1-8-6-9(4-5-12(2)3)11(14(17)18)7-10(8)13(15)16;9-6-3-5-1-2-11-8(5)4-7(6)10;1-5-3-6(2)8(10(13)14)4-7(5)9(11)12;1-7-4-3-5-8(2)6-7;1-6(2)5(7-3)8-4;1-2-3;1-2;2-1(3)4;1-5(2,3)4/h4-7H,1-3H3;1-4,11H,10H2;3-4H,1-2H3;3-6H,1-2H3;5H,1-4H3;3H,2H2,1H3;1H3;(H,2,3,4);(H2,1,2,3,4)/b5-4+;;;;;;;;/i;;;;;;1D;;. The SMILES string of the molecule is CCO.COC(OC)N(C)C.Cc1cc(/C=C/N(C)C)c([N+](=O)[O-])cc1[N+](=O)[O-].Cc1cc(C)c([N+](=O)[O-])cc1[N+](=O)[O-].Cc1cccc(C)c1.Nc1cc2[nH]ccc2cc1F.O=S(=O)(O)O.O=[N+]([O-])O.[2H]CF. The minimum absolute atomic E-state index is 0.181. The van der Waals surface area contributed by atoms with Gasteiger partial charge in [-0.3, -0.25) is 58.9 Å². The predicted molar refractivity (Wildman–Crippen MR) is 269 cm³/mol. The van der Waals surface area contributed by atoms with Crippen LogP contribution in [0.2, 0.25) is 0 Å². The van der Waals surface area contributed by atoms with Crippen LogP contribution in [0.4, 0.5) is 37.2 Å². The molecule has 4 aromatic carbocycles. The second-order valence-electron chi connectivity index (χ2n) is 14.3. The summed E-state index contributed by atoms with van der Waals surface area (Å²) in [7, 11) is 4.87. The van der Waals surface area contributed by atoms with Gasteiger partial charge in [0.25, 0.3) is 27.8 Å². The lowest BCUT2D eigenvalue weighted by atomic mass is 10.1. The number of ether oxygens (including phenoxy) is 2. The number of fused-ring (bicyclic) bond motifs is 1. The number of aromatic amines is 1. The van der Waals surface area contributed by atoms with Gasteiger partial charge in [0, 0.05) is 68.7 Å². The molecule has 27 nitrogen and oxygen atoms in total. The monoisotopic (exact) mass is 1060 g/mol. The van der Waals surface area contributed by atoms with Crippen molar-refractivity contribution in [3.63, 3.8) is 0 Å². The summed E-state index contributed by atoms with van der Waals surface area (Å²) in [6.07, 6.45) is 4.74. The number of hydrogen-bond acceptors (Lipinski definition) is 18. The van der Waals surface area contributed by atoms with Crippen molar-refractivity contribution < 1.29 is 72.2 Å². The third-order valence-electron chi connectivity index (χ3n) is 7.87. The molecule has 0 amide bonds. The fourth-order valence-corrected chi connectivity index (χ4v) is 5.06. The molecule has 0 saturated carbocycles. The maximum atomic E-state index is 12.8. The number of alkyl halides is 1. The molecular weight excluding hydrogens is 1000 g/mol. The minimum Gasteiger partial charge on any atom is -0.397 e. The number of H-pyrrole nitrogens is 1. The maximum absolute atomic E-state index is 12.8. The number of rotatable bonds is 9. The number of halogens is 2. The summed E-state index contributed by atoms with van der Waals surface area (Å²) >= 11 is 0. The summed E-state index contributed by atoms with van der Waals surface area (Å²) in [6.45, 7) is 10.8. The Morgan fingerprint density at radius 1 is 0.753 bits per heavy atom. The van der Waals surface area contributed by atoms with Crippen molar-refractivity contribution in [2.24, 2.45) is 0 Å². The smallest absolute Gasteiger partial charge is 0.394 e. The molecule has 5 aromatic rings. The molecule has 0 spiro atoms. The number of nitro benzene ring substituents is 4. The van der Waals surface area contributed by atoms with Gasteiger partial charge in [-0.2, -0.15) is 8.42 Å². The first-order valence-electron chi connectivity index (χ1n) is 20.8. The molecule has 5 rings (SSSR count). The number of nitro groups is 4. The van der Waals surface area contributed by atoms with Crippen molar-refractivity contribution >= 4 is 55.8 Å². The van der Waals surface area contributed by atoms with Crippen molar-refractivity contribution in [3.05, 3.63) is 169 Å². The second-order valence-corrected chi connectivity index (χ2v) is 15.2. The molecule has 0 radical (unpaired) electrons. The average Bonchev–Trinajstić information content (AvgIpc) is 3.70. The van der Waals surface area contributed by atoms with E-state index in [1.165, 1.54) is 29.3 Å². The number of nitrogens with two attached hydrogens (primary N) is 1. The van der Waals surface area contributed by atoms with Crippen molar-refractivity contribution in [2.45, 2.75) is 48.0 Å². The first kappa shape index (κ1) is 69.4. The molecule has 0 saturated heterocycles. The van der Waals surface area contributed by atoms with Crippen LogP contribution in [-0.4, -0.2) is 130 Å². The van der Waals surface area contributed by atoms with Crippen molar-refractivity contribution in [2.75, 3.05) is 61.9 Å². The summed E-state index contributed by atoms with van der Waals surface area (Å²) < 4.78 is 69.6. The molecule has 73 heavy (non-hydrogen) atoms. The highest BCUT2D eigenvalue weighted by Crippen LogP contribution is 2.30. The van der Waals surface area contributed by atoms with E-state index in [0.29, 0.717) is 22.3 Å². The van der Waals surface area contributed by atoms with E-state index in [2.05, 4.69) is 43.1 Å². The van der Waals surface area contributed by atoms with Crippen LogP contribution in [0.3, 0.4) is 0 Å². The van der Waals surface area contributed by atoms with E-state index in [9.17, 15) is 49.2 Å². The Morgan fingerprint density at radius 2 is 1.12 bits per heavy atom. The van der Waals surface area contributed by atoms with E-state index in [1.807, 2.05) is 19.0 Å². The zero-order chi connectivity index (χ0) is 58.6. The van der Waals surface area contributed by atoms with Gasteiger partial charge in [-0.15, -0.1) is 10.1 Å². The molecule has 408 valence electrons. The number of anilines is 1. The zero-order valence-electron chi connectivity index (χ0n) is 43.0. The molecule has 0 fully saturated rings. The van der Waals surface area contributed by atoms with Crippen LogP contribution in [0.5, 0.6) is 0 Å². The molecule has 0 aliphatic heterocycles. The number of aryl methyl sites for hydroxylation is 5. The largest absolute Gasteiger partial charge is 0.397 e. The van der Waals surface area contributed by atoms with Crippen LogP contribution < -0.4 is 5.73 Å². The number of nitrogen functional groups attached to an aromatic ring is 1. The second kappa shape index (κ2) is 37.9. The Labute approximate surface area is 420 Å². The normalized spacial score (nSPS) is 9.99. The third kappa shape index (κ3) is 34.2. The summed E-state index contributed by atoms with van der Waals surface area (Å²) in [5, 5.41) is 64.7. The Bertz CT molecular complexity index is 2560. The van der Waals surface area contributed by atoms with Crippen molar-refractivity contribution in [1.29, 1.82) is 0 Å². The number of benzene rings is 4. The number of methoxy groups -OCH3 is 2. The number of aliphatic hydroxyl groups is 1. The van der Waals surface area contributed by atoms with Gasteiger partial charge in [0.15, 0.2) is 0 Å². The van der Waals surface area contributed by atoms with Crippen LogP contribution in [0.15, 0.2) is 79.1 Å². The Hall–Kier alpha value is -7.87. The summed E-state index contributed by atoms with van der Waals surface area (Å²) in [4.78, 5) is 55.0. The molecule has 0 unspecified atom stereocenters. The van der Waals surface area contributed by atoms with Crippen LogP contribution in [-0.2, 0) is 19.9 Å². The lowest BCUT2D eigenvalue weighted by Gasteiger charge is -2.19. The van der Waals surface area contributed by atoms with Gasteiger partial charge >= 0.3 is 10.4 Å². The van der Waals surface area contributed by atoms with E-state index in [0.717, 1.165) is 23.0 Å². The number of nitrogens with zero attached hydrogens (tertiary/aromatic N) is 7. The van der Waals surface area contributed by atoms with E-state index in [-0.39, 0.29) is 47.3 Å². The van der Waals surface area contributed by atoms with E-state index < -0.39 is 42.3 Å². The first-order valence-corrected chi connectivity index (χ1v) is 21.4. The van der Waals surface area contributed by atoms with Crippen LogP contribution >= 0.6 is 0 Å². The predicted octanol–water partition coefficient (Wildman–Crippen LogP) is 8.36. The van der Waals surface area contributed by atoms with Gasteiger partial charge < -0.3 is 35.4 Å². The lowest BCUT2D eigenvalue weighted by molar-refractivity contribution is -0.742. The van der Waals surface area contributed by atoms with Crippen LogP contribution in [0, 0.1) is 91.0 Å². The van der Waals surface area contributed by atoms with Crippen molar-refractivity contribution in [1.82, 2.24) is 14.8 Å². The topological polar surface area (TPSA) is 398 Å². The highest BCUT2D eigenvalue weighted by Gasteiger charge is 2.21. The lowest BCUT2D eigenvalue weighted by Crippen LogP contribution is -2.30. The third-order valence-corrected chi connectivity index (χ3v) is 7.87. The maximum Gasteiger partial charge on any atom is 0.394 e. The molecule has 0 aliphatic rings. The number of aliphatic hydroxyl groups excluding tert-OH is 1. The molecule has 0 aliphatic carbocycles. The Balaban J connectivity index is -0.000000395. The number of nitrogens with one attached hydrogen (secondary N) is 1. The van der Waals surface area contributed by atoms with E-state index >= 15 is 0 Å². The van der Waals surface area contributed by atoms with Crippen LogP contribution in [0.1, 0.15) is 41.7 Å². The highest BCUT2D eigenvalue weighted by molar-refractivity contribution is 7.79. The molecule has 1 aromatic heterocycles. The fourth-order valence-electron chi connectivity index (χ4n) is 5.06. The molecule has 30 heteroatoms. The molecule has 7 N–H and O–H groups in total. The van der Waals surface area contributed by atoms with Gasteiger partial charge in [0.05, 0.1) is 51.6 Å². The van der Waals surface area contributed by atoms with Crippen LogP contribution in [0.25, 0.3) is 17.0 Å².